The Morgan fingerprint density at radius 3 is 2.57 bits per heavy atom. The Morgan fingerprint density at radius 2 is 1.91 bits per heavy atom. The number of hydrogen-bond donors (Lipinski definition) is 1. The smallest absolute Gasteiger partial charge is 0.462 e. The van der Waals surface area contributed by atoms with E-state index in [4.69, 9.17) is 10.5 Å². The summed E-state index contributed by atoms with van der Waals surface area (Å²) in [5.41, 5.74) is 7.26. The molecule has 2 aromatic rings. The van der Waals surface area contributed by atoms with E-state index in [1.165, 1.54) is 36.4 Å². The van der Waals surface area contributed by atoms with E-state index in [1.54, 1.807) is 13.0 Å². The van der Waals surface area contributed by atoms with Crippen LogP contribution in [-0.4, -0.2) is 18.9 Å². The third kappa shape index (κ3) is 4.38. The number of hydrogen-bond acceptors (Lipinski definition) is 4. The summed E-state index contributed by atoms with van der Waals surface area (Å²) in [6.07, 6.45) is -4.78. The van der Waals surface area contributed by atoms with Crippen LogP contribution in [0, 0.1) is 0 Å². The molecule has 122 valence electrons. The van der Waals surface area contributed by atoms with Crippen LogP contribution in [0.3, 0.4) is 0 Å². The zero-order chi connectivity index (χ0) is 17.0. The van der Waals surface area contributed by atoms with Gasteiger partial charge in [-0.15, -0.1) is 13.2 Å². The highest BCUT2D eigenvalue weighted by Gasteiger charge is 2.31. The van der Waals surface area contributed by atoms with Gasteiger partial charge in [0.25, 0.3) is 0 Å². The number of esters is 1. The second kappa shape index (κ2) is 6.60. The van der Waals surface area contributed by atoms with Crippen LogP contribution in [0.2, 0.25) is 0 Å². The zero-order valence-electron chi connectivity index (χ0n) is 12.2. The lowest BCUT2D eigenvalue weighted by atomic mass is 10.0. The van der Waals surface area contributed by atoms with Gasteiger partial charge in [-0.05, 0) is 42.8 Å². The molecule has 0 aromatic heterocycles. The molecule has 2 N–H and O–H groups in total. The van der Waals surface area contributed by atoms with Crippen LogP contribution in [-0.2, 0) is 4.74 Å². The molecule has 0 spiro atoms. The number of ether oxygens (including phenoxy) is 2. The number of nitrogens with two attached hydrogens (primary N) is 1. The first kappa shape index (κ1) is 16.7. The van der Waals surface area contributed by atoms with Gasteiger partial charge < -0.3 is 15.2 Å². The van der Waals surface area contributed by atoms with Crippen LogP contribution in [0.4, 0.5) is 18.9 Å². The van der Waals surface area contributed by atoms with Crippen molar-refractivity contribution in [1.29, 1.82) is 0 Å². The first-order valence-corrected chi connectivity index (χ1v) is 6.73. The van der Waals surface area contributed by atoms with Crippen molar-refractivity contribution in [3.8, 4) is 16.9 Å². The van der Waals surface area contributed by atoms with Crippen molar-refractivity contribution in [3.63, 3.8) is 0 Å². The standard InChI is InChI=1S/C16H14F3NO3/c1-2-22-15(21)11-6-7-14(20)13(9-11)10-4-3-5-12(8-10)23-16(17,18)19/h3-9H,2,20H2,1H3. The van der Waals surface area contributed by atoms with E-state index in [2.05, 4.69) is 4.74 Å². The summed E-state index contributed by atoms with van der Waals surface area (Å²) in [6.45, 7) is 1.89. The van der Waals surface area contributed by atoms with E-state index < -0.39 is 12.3 Å². The summed E-state index contributed by atoms with van der Waals surface area (Å²) in [5, 5.41) is 0. The zero-order valence-corrected chi connectivity index (χ0v) is 12.2. The Morgan fingerprint density at radius 1 is 1.17 bits per heavy atom. The normalized spacial score (nSPS) is 11.1. The summed E-state index contributed by atoms with van der Waals surface area (Å²) in [5.74, 6) is -0.896. The highest BCUT2D eigenvalue weighted by molar-refractivity contribution is 5.93. The van der Waals surface area contributed by atoms with Crippen molar-refractivity contribution in [2.24, 2.45) is 0 Å². The number of carbonyl (C=O) groups excluding carboxylic acids is 1. The fourth-order valence-electron chi connectivity index (χ4n) is 2.01. The molecular formula is C16H14F3NO3. The number of benzene rings is 2. The van der Waals surface area contributed by atoms with Crippen LogP contribution in [0.25, 0.3) is 11.1 Å². The van der Waals surface area contributed by atoms with Crippen molar-refractivity contribution in [2.75, 3.05) is 12.3 Å². The quantitative estimate of drug-likeness (QED) is 0.681. The summed E-state index contributed by atoms with van der Waals surface area (Å²) in [7, 11) is 0. The van der Waals surface area contributed by atoms with Gasteiger partial charge >= 0.3 is 12.3 Å². The molecule has 0 saturated carbocycles. The van der Waals surface area contributed by atoms with Crippen molar-refractivity contribution in [3.05, 3.63) is 48.0 Å². The molecule has 0 unspecified atom stereocenters. The van der Waals surface area contributed by atoms with Gasteiger partial charge in [-0.1, -0.05) is 12.1 Å². The molecule has 0 saturated heterocycles. The molecule has 23 heavy (non-hydrogen) atoms. The summed E-state index contributed by atoms with van der Waals surface area (Å²) < 4.78 is 45.7. The monoisotopic (exact) mass is 325 g/mol. The van der Waals surface area contributed by atoms with E-state index >= 15 is 0 Å². The van der Waals surface area contributed by atoms with Crippen molar-refractivity contribution in [1.82, 2.24) is 0 Å². The molecule has 2 rings (SSSR count). The Labute approximate surface area is 130 Å². The minimum Gasteiger partial charge on any atom is -0.462 e. The van der Waals surface area contributed by atoms with E-state index in [-0.39, 0.29) is 17.9 Å². The highest BCUT2D eigenvalue weighted by Crippen LogP contribution is 2.31. The third-order valence-corrected chi connectivity index (χ3v) is 2.94. The van der Waals surface area contributed by atoms with Gasteiger partial charge in [0.05, 0.1) is 12.2 Å². The van der Waals surface area contributed by atoms with Gasteiger partial charge in [0.1, 0.15) is 5.75 Å². The van der Waals surface area contributed by atoms with Gasteiger partial charge in [-0.3, -0.25) is 0 Å². The summed E-state index contributed by atoms with van der Waals surface area (Å²) in [4.78, 5) is 11.8. The molecule has 0 aliphatic carbocycles. The van der Waals surface area contributed by atoms with E-state index in [0.29, 0.717) is 16.8 Å². The molecule has 0 amide bonds. The number of carbonyl (C=O) groups is 1. The Hall–Kier alpha value is -2.70. The Balaban J connectivity index is 2.39. The lowest BCUT2D eigenvalue weighted by Gasteiger charge is -2.12. The van der Waals surface area contributed by atoms with Crippen molar-refractivity contribution < 1.29 is 27.4 Å². The molecule has 0 heterocycles. The maximum absolute atomic E-state index is 12.3. The number of alkyl halides is 3. The average Bonchev–Trinajstić information content (AvgIpc) is 2.46. The first-order chi connectivity index (χ1) is 10.8. The average molecular weight is 325 g/mol. The number of nitrogen functional groups attached to an aromatic ring is 1. The molecule has 4 nitrogen and oxygen atoms in total. The minimum atomic E-state index is -4.78. The molecule has 7 heteroatoms. The maximum atomic E-state index is 12.3. The van der Waals surface area contributed by atoms with Gasteiger partial charge in [0.15, 0.2) is 0 Å². The number of halogens is 3. The molecule has 0 aliphatic rings. The molecule has 0 aliphatic heterocycles. The fourth-order valence-corrected chi connectivity index (χ4v) is 2.01. The lowest BCUT2D eigenvalue weighted by molar-refractivity contribution is -0.274. The lowest BCUT2D eigenvalue weighted by Crippen LogP contribution is -2.17. The largest absolute Gasteiger partial charge is 0.573 e. The molecule has 0 bridgehead atoms. The number of anilines is 1. The van der Waals surface area contributed by atoms with Gasteiger partial charge in [-0.2, -0.15) is 0 Å². The highest BCUT2D eigenvalue weighted by atomic mass is 19.4. The first-order valence-electron chi connectivity index (χ1n) is 6.73. The SMILES string of the molecule is CCOC(=O)c1ccc(N)c(-c2cccc(OC(F)(F)F)c2)c1. The number of rotatable bonds is 4. The van der Waals surface area contributed by atoms with Crippen LogP contribution in [0.5, 0.6) is 5.75 Å². The predicted octanol–water partition coefficient (Wildman–Crippen LogP) is 4.01. The second-order valence-corrected chi connectivity index (χ2v) is 4.60. The van der Waals surface area contributed by atoms with E-state index in [0.717, 1.165) is 0 Å². The van der Waals surface area contributed by atoms with Gasteiger partial charge in [0, 0.05) is 11.3 Å². The molecule has 0 radical (unpaired) electrons. The predicted molar refractivity (Wildman–Crippen MR) is 78.9 cm³/mol. The van der Waals surface area contributed by atoms with Crippen LogP contribution >= 0.6 is 0 Å². The van der Waals surface area contributed by atoms with Gasteiger partial charge in [-0.25, -0.2) is 4.79 Å². The minimum absolute atomic E-state index is 0.216. The molecule has 2 aromatic carbocycles. The summed E-state index contributed by atoms with van der Waals surface area (Å²) >= 11 is 0. The van der Waals surface area contributed by atoms with Crippen LogP contribution < -0.4 is 10.5 Å². The Bertz CT molecular complexity index is 714. The summed E-state index contributed by atoms with van der Waals surface area (Å²) in [6, 6.07) is 9.83. The molecule has 0 atom stereocenters. The molecular weight excluding hydrogens is 311 g/mol. The second-order valence-electron chi connectivity index (χ2n) is 4.60. The van der Waals surface area contributed by atoms with Gasteiger partial charge in [0.2, 0.25) is 0 Å². The molecule has 0 fully saturated rings. The van der Waals surface area contributed by atoms with E-state index in [1.807, 2.05) is 0 Å². The third-order valence-electron chi connectivity index (χ3n) is 2.94. The fraction of sp³-hybridized carbons (Fsp3) is 0.188. The van der Waals surface area contributed by atoms with Crippen LogP contribution in [0.1, 0.15) is 17.3 Å². The van der Waals surface area contributed by atoms with Crippen molar-refractivity contribution in [2.45, 2.75) is 13.3 Å². The van der Waals surface area contributed by atoms with E-state index in [9.17, 15) is 18.0 Å². The van der Waals surface area contributed by atoms with Crippen LogP contribution in [0.15, 0.2) is 42.5 Å². The topological polar surface area (TPSA) is 61.5 Å². The van der Waals surface area contributed by atoms with Crippen molar-refractivity contribution >= 4 is 11.7 Å². The maximum Gasteiger partial charge on any atom is 0.573 e. The Kier molecular flexibility index (Phi) is 4.78.